The predicted octanol–water partition coefficient (Wildman–Crippen LogP) is 0.477. The van der Waals surface area contributed by atoms with Gasteiger partial charge in [-0.05, 0) is 0 Å². The van der Waals surface area contributed by atoms with E-state index < -0.39 is 6.03 Å². The van der Waals surface area contributed by atoms with Gasteiger partial charge in [0.25, 0.3) is 0 Å². The molecule has 0 aromatic carbocycles. The molecule has 0 aliphatic heterocycles. The Labute approximate surface area is 49.6 Å². The van der Waals surface area contributed by atoms with Gasteiger partial charge in [0.2, 0.25) is 0 Å². The lowest BCUT2D eigenvalue weighted by molar-refractivity contribution is 0.250. The number of urea groups is 1. The third-order valence-corrected chi connectivity index (χ3v) is 0.421. The second kappa shape index (κ2) is 6.01. The van der Waals surface area contributed by atoms with Crippen molar-refractivity contribution >= 4 is 6.03 Å². The van der Waals surface area contributed by atoms with Crippen LogP contribution >= 0.6 is 0 Å². The van der Waals surface area contributed by atoms with Gasteiger partial charge in [0.05, 0.1) is 0 Å². The second-order valence-electron chi connectivity index (χ2n) is 1.03. The normalized spacial score (nSPS) is 6.50. The van der Waals surface area contributed by atoms with E-state index in [1.165, 1.54) is 0 Å². The van der Waals surface area contributed by atoms with E-state index in [9.17, 15) is 4.79 Å². The Bertz CT molecular complexity index is 80.5. The third kappa shape index (κ3) is 8.89. The molecule has 3 heteroatoms. The van der Waals surface area contributed by atoms with Crippen LogP contribution in [-0.4, -0.2) is 12.6 Å². The standard InChI is InChI=1S/C4H8N2O.CH4/c1-2-3-6-4(5)7;/h2H,1,3H2,(H3,5,6,7);1H4. The van der Waals surface area contributed by atoms with Gasteiger partial charge in [0.1, 0.15) is 0 Å². The molecule has 0 saturated carbocycles. The van der Waals surface area contributed by atoms with Gasteiger partial charge in [-0.2, -0.15) is 0 Å². The Hall–Kier alpha value is -0.990. The van der Waals surface area contributed by atoms with Crippen molar-refractivity contribution < 1.29 is 4.79 Å². The summed E-state index contributed by atoms with van der Waals surface area (Å²) in [6.45, 7) is 3.80. The summed E-state index contributed by atoms with van der Waals surface area (Å²) in [6.07, 6.45) is 1.56. The average Bonchev–Trinajstić information content (AvgIpc) is 1.61. The molecule has 0 unspecified atom stereocenters. The van der Waals surface area contributed by atoms with Crippen LogP contribution in [-0.2, 0) is 0 Å². The Morgan fingerprint density at radius 2 is 2.38 bits per heavy atom. The van der Waals surface area contributed by atoms with Crippen molar-refractivity contribution in [1.29, 1.82) is 0 Å². The molecule has 0 aromatic rings. The number of primary amides is 1. The lowest BCUT2D eigenvalue weighted by Gasteiger charge is -1.90. The lowest BCUT2D eigenvalue weighted by Crippen LogP contribution is -2.28. The number of nitrogens with one attached hydrogen (secondary N) is 1. The Morgan fingerprint density at radius 3 is 2.50 bits per heavy atom. The summed E-state index contributed by atoms with van der Waals surface area (Å²) in [5.41, 5.74) is 4.68. The zero-order valence-corrected chi connectivity index (χ0v) is 3.98. The minimum atomic E-state index is -0.514. The second-order valence-corrected chi connectivity index (χ2v) is 1.03. The van der Waals surface area contributed by atoms with Crippen molar-refractivity contribution in [2.45, 2.75) is 7.43 Å². The fraction of sp³-hybridized carbons (Fsp3) is 0.400. The summed E-state index contributed by atoms with van der Waals surface area (Å²) in [5, 5.41) is 2.32. The summed E-state index contributed by atoms with van der Waals surface area (Å²) in [6, 6.07) is -0.514. The molecule has 3 nitrogen and oxygen atoms in total. The molecule has 0 heterocycles. The smallest absolute Gasteiger partial charge is 0.312 e. The van der Waals surface area contributed by atoms with Crippen LogP contribution < -0.4 is 11.1 Å². The average molecular weight is 116 g/mol. The third-order valence-electron chi connectivity index (χ3n) is 0.421. The molecule has 0 fully saturated rings. The summed E-state index contributed by atoms with van der Waals surface area (Å²) in [7, 11) is 0. The zero-order valence-electron chi connectivity index (χ0n) is 3.98. The lowest BCUT2D eigenvalue weighted by atomic mass is 10.6. The molecule has 0 aromatic heterocycles. The molecule has 0 radical (unpaired) electrons. The highest BCUT2D eigenvalue weighted by Crippen LogP contribution is 1.56. The van der Waals surface area contributed by atoms with Crippen LogP contribution in [0.3, 0.4) is 0 Å². The maximum Gasteiger partial charge on any atom is 0.312 e. The van der Waals surface area contributed by atoms with Crippen LogP contribution in [0.1, 0.15) is 7.43 Å². The van der Waals surface area contributed by atoms with Crippen LogP contribution in [0, 0.1) is 0 Å². The van der Waals surface area contributed by atoms with Gasteiger partial charge in [-0.1, -0.05) is 13.5 Å². The molecule has 0 saturated heterocycles. The van der Waals surface area contributed by atoms with E-state index in [2.05, 4.69) is 17.6 Å². The van der Waals surface area contributed by atoms with E-state index >= 15 is 0 Å². The molecule has 0 bridgehead atoms. The van der Waals surface area contributed by atoms with Crippen molar-refractivity contribution in [3.63, 3.8) is 0 Å². The van der Waals surface area contributed by atoms with Gasteiger partial charge in [-0.3, -0.25) is 0 Å². The largest absolute Gasteiger partial charge is 0.352 e. The van der Waals surface area contributed by atoms with Crippen LogP contribution in [0.4, 0.5) is 4.79 Å². The number of hydrogen-bond acceptors (Lipinski definition) is 1. The first kappa shape index (κ1) is 10.1. The monoisotopic (exact) mass is 116 g/mol. The summed E-state index contributed by atoms with van der Waals surface area (Å²) in [5.74, 6) is 0. The fourth-order valence-electron chi connectivity index (χ4n) is 0.173. The number of carbonyl (C=O) groups excluding carboxylic acids is 1. The van der Waals surface area contributed by atoms with Gasteiger partial charge >= 0.3 is 6.03 Å². The van der Waals surface area contributed by atoms with Gasteiger partial charge in [-0.25, -0.2) is 4.79 Å². The highest BCUT2D eigenvalue weighted by molar-refractivity contribution is 5.71. The van der Waals surface area contributed by atoms with E-state index in [0.29, 0.717) is 6.54 Å². The van der Waals surface area contributed by atoms with Crippen molar-refractivity contribution in [2.24, 2.45) is 5.73 Å². The SMILES string of the molecule is C.C=CCNC(N)=O. The van der Waals surface area contributed by atoms with Crippen molar-refractivity contribution in [3.8, 4) is 0 Å². The van der Waals surface area contributed by atoms with Crippen LogP contribution in [0.5, 0.6) is 0 Å². The molecular weight excluding hydrogens is 104 g/mol. The predicted molar refractivity (Wildman–Crippen MR) is 34.5 cm³/mol. The molecule has 48 valence electrons. The molecule has 0 aliphatic carbocycles. The molecule has 0 rings (SSSR count). The highest BCUT2D eigenvalue weighted by atomic mass is 16.2. The van der Waals surface area contributed by atoms with Crippen LogP contribution in [0.2, 0.25) is 0 Å². The molecule has 0 aliphatic rings. The van der Waals surface area contributed by atoms with Crippen molar-refractivity contribution in [1.82, 2.24) is 5.32 Å². The molecule has 0 atom stereocenters. The molecule has 2 amide bonds. The maximum atomic E-state index is 9.82. The number of nitrogens with two attached hydrogens (primary N) is 1. The molecule has 8 heavy (non-hydrogen) atoms. The number of carbonyl (C=O) groups is 1. The van der Waals surface area contributed by atoms with E-state index in [-0.39, 0.29) is 7.43 Å². The van der Waals surface area contributed by atoms with Crippen molar-refractivity contribution in [2.75, 3.05) is 6.54 Å². The molecule has 0 spiro atoms. The van der Waals surface area contributed by atoms with E-state index in [4.69, 9.17) is 0 Å². The minimum Gasteiger partial charge on any atom is -0.352 e. The van der Waals surface area contributed by atoms with Gasteiger partial charge in [0, 0.05) is 6.54 Å². The number of amides is 2. The number of rotatable bonds is 2. The first-order chi connectivity index (χ1) is 3.27. The minimum absolute atomic E-state index is 0. The van der Waals surface area contributed by atoms with Gasteiger partial charge < -0.3 is 11.1 Å². The van der Waals surface area contributed by atoms with Gasteiger partial charge in [-0.15, -0.1) is 6.58 Å². The first-order valence-corrected chi connectivity index (χ1v) is 1.91. The highest BCUT2D eigenvalue weighted by Gasteiger charge is 1.81. The maximum absolute atomic E-state index is 9.82. The Morgan fingerprint density at radius 1 is 1.88 bits per heavy atom. The molecule has 3 N–H and O–H groups in total. The molecular formula is C5H12N2O. The summed E-state index contributed by atoms with van der Waals surface area (Å²) in [4.78, 5) is 9.82. The fourth-order valence-corrected chi connectivity index (χ4v) is 0.173. The van der Waals surface area contributed by atoms with E-state index in [0.717, 1.165) is 0 Å². The first-order valence-electron chi connectivity index (χ1n) is 1.91. The van der Waals surface area contributed by atoms with Crippen LogP contribution in [0.15, 0.2) is 12.7 Å². The number of hydrogen-bond donors (Lipinski definition) is 2. The zero-order chi connectivity index (χ0) is 5.70. The van der Waals surface area contributed by atoms with E-state index in [1.54, 1.807) is 6.08 Å². The topological polar surface area (TPSA) is 55.1 Å². The van der Waals surface area contributed by atoms with E-state index in [1.807, 2.05) is 0 Å². The summed E-state index contributed by atoms with van der Waals surface area (Å²) >= 11 is 0. The van der Waals surface area contributed by atoms with Gasteiger partial charge in [0.15, 0.2) is 0 Å². The quantitative estimate of drug-likeness (QED) is 0.506. The summed E-state index contributed by atoms with van der Waals surface area (Å²) < 4.78 is 0. The van der Waals surface area contributed by atoms with Crippen molar-refractivity contribution in [3.05, 3.63) is 12.7 Å². The Balaban J connectivity index is 0. The van der Waals surface area contributed by atoms with Crippen LogP contribution in [0.25, 0.3) is 0 Å². The Kier molecular flexibility index (Phi) is 7.58.